The molecular formula is C14H13ClN2O2. The van der Waals surface area contributed by atoms with E-state index in [9.17, 15) is 4.79 Å². The van der Waals surface area contributed by atoms with Crippen LogP contribution < -0.4 is 10.1 Å². The van der Waals surface area contributed by atoms with Gasteiger partial charge in [0.1, 0.15) is 10.9 Å². The smallest absolute Gasteiger partial charge is 0.228 e. The number of anilines is 1. The highest BCUT2D eigenvalue weighted by molar-refractivity contribution is 6.29. The fourth-order valence-corrected chi connectivity index (χ4v) is 1.79. The fraction of sp³-hybridized carbons (Fsp3) is 0.143. The molecule has 98 valence electrons. The summed E-state index contributed by atoms with van der Waals surface area (Å²) < 4.78 is 5.20. The number of ether oxygens (including phenoxy) is 1. The summed E-state index contributed by atoms with van der Waals surface area (Å²) in [5.74, 6) is 0.570. The van der Waals surface area contributed by atoms with Gasteiger partial charge in [-0.05, 0) is 18.2 Å². The topological polar surface area (TPSA) is 51.2 Å². The molecule has 19 heavy (non-hydrogen) atoms. The van der Waals surface area contributed by atoms with Crippen molar-refractivity contribution in [3.8, 4) is 5.75 Å². The minimum absolute atomic E-state index is 0.131. The number of hydrogen-bond acceptors (Lipinski definition) is 3. The number of benzene rings is 1. The molecule has 4 nitrogen and oxygen atoms in total. The van der Waals surface area contributed by atoms with Gasteiger partial charge in [-0.15, -0.1) is 0 Å². The predicted molar refractivity (Wildman–Crippen MR) is 74.6 cm³/mol. The maximum absolute atomic E-state index is 11.9. The summed E-state index contributed by atoms with van der Waals surface area (Å²) in [4.78, 5) is 15.8. The van der Waals surface area contributed by atoms with Crippen molar-refractivity contribution < 1.29 is 9.53 Å². The van der Waals surface area contributed by atoms with Crippen molar-refractivity contribution in [2.24, 2.45) is 0 Å². The zero-order chi connectivity index (χ0) is 13.7. The molecule has 1 heterocycles. The fourth-order valence-electron chi connectivity index (χ4n) is 1.68. The molecule has 0 radical (unpaired) electrons. The first kappa shape index (κ1) is 13.4. The molecule has 0 fully saturated rings. The molecule has 0 spiro atoms. The molecule has 1 aromatic carbocycles. The number of pyridine rings is 1. The minimum atomic E-state index is -0.131. The highest BCUT2D eigenvalue weighted by Gasteiger charge is 2.08. The molecule has 0 atom stereocenters. The Bertz CT molecular complexity index is 570. The number of carbonyl (C=O) groups excluding carboxylic acids is 1. The Morgan fingerprint density at radius 1 is 1.32 bits per heavy atom. The van der Waals surface area contributed by atoms with E-state index in [1.807, 2.05) is 24.3 Å². The number of amides is 1. The van der Waals surface area contributed by atoms with Gasteiger partial charge in [-0.25, -0.2) is 4.98 Å². The molecule has 5 heteroatoms. The van der Waals surface area contributed by atoms with E-state index in [4.69, 9.17) is 16.3 Å². The second-order valence-corrected chi connectivity index (χ2v) is 4.29. The molecule has 2 aromatic rings. The molecular weight excluding hydrogens is 264 g/mol. The van der Waals surface area contributed by atoms with Crippen molar-refractivity contribution in [2.75, 3.05) is 12.4 Å². The van der Waals surface area contributed by atoms with Crippen LogP contribution in [0.15, 0.2) is 42.6 Å². The summed E-state index contributed by atoms with van der Waals surface area (Å²) in [5, 5.41) is 3.14. The lowest BCUT2D eigenvalue weighted by molar-refractivity contribution is -0.115. The molecule has 0 aliphatic rings. The number of carbonyl (C=O) groups is 1. The van der Waals surface area contributed by atoms with Crippen LogP contribution in [0.5, 0.6) is 5.75 Å². The van der Waals surface area contributed by atoms with Crippen molar-refractivity contribution >= 4 is 23.2 Å². The van der Waals surface area contributed by atoms with Gasteiger partial charge < -0.3 is 10.1 Å². The first-order chi connectivity index (χ1) is 9.19. The van der Waals surface area contributed by atoms with Crippen LogP contribution in [0.2, 0.25) is 5.15 Å². The van der Waals surface area contributed by atoms with Gasteiger partial charge in [-0.2, -0.15) is 0 Å². The first-order valence-corrected chi connectivity index (χ1v) is 6.10. The highest BCUT2D eigenvalue weighted by Crippen LogP contribution is 2.18. The number of methoxy groups -OCH3 is 1. The van der Waals surface area contributed by atoms with Crippen LogP contribution in [0, 0.1) is 0 Å². The van der Waals surface area contributed by atoms with E-state index < -0.39 is 0 Å². The average Bonchev–Trinajstić information content (AvgIpc) is 2.42. The Labute approximate surface area is 116 Å². The molecule has 0 aliphatic heterocycles. The molecule has 0 unspecified atom stereocenters. The quantitative estimate of drug-likeness (QED) is 0.874. The molecule has 0 bridgehead atoms. The van der Waals surface area contributed by atoms with Gasteiger partial charge in [-0.3, -0.25) is 4.79 Å². The second kappa shape index (κ2) is 6.20. The third-order valence-electron chi connectivity index (χ3n) is 2.55. The van der Waals surface area contributed by atoms with Crippen molar-refractivity contribution in [3.63, 3.8) is 0 Å². The van der Waals surface area contributed by atoms with Crippen LogP contribution in [0.25, 0.3) is 0 Å². The summed E-state index contributed by atoms with van der Waals surface area (Å²) in [5.41, 5.74) is 1.45. The number of rotatable bonds is 4. The van der Waals surface area contributed by atoms with Crippen LogP contribution in [-0.2, 0) is 11.2 Å². The molecule has 0 saturated carbocycles. The van der Waals surface area contributed by atoms with Crippen LogP contribution in [0.3, 0.4) is 0 Å². The molecule has 0 saturated heterocycles. The number of halogens is 1. The third kappa shape index (κ3) is 3.69. The van der Waals surface area contributed by atoms with E-state index >= 15 is 0 Å². The summed E-state index contributed by atoms with van der Waals surface area (Å²) >= 11 is 5.68. The van der Waals surface area contributed by atoms with Crippen molar-refractivity contribution in [1.29, 1.82) is 0 Å². The number of hydrogen-bond donors (Lipinski definition) is 1. The second-order valence-electron chi connectivity index (χ2n) is 3.91. The number of para-hydroxylation sites is 1. The van der Waals surface area contributed by atoms with Gasteiger partial charge in [0.25, 0.3) is 0 Å². The molecule has 2 rings (SSSR count). The molecule has 0 aliphatic carbocycles. The van der Waals surface area contributed by atoms with E-state index in [1.54, 1.807) is 19.2 Å². The van der Waals surface area contributed by atoms with Crippen molar-refractivity contribution in [1.82, 2.24) is 4.98 Å². The lowest BCUT2D eigenvalue weighted by Crippen LogP contribution is -2.15. The number of nitrogens with one attached hydrogen (secondary N) is 1. The Kier molecular flexibility index (Phi) is 4.36. The van der Waals surface area contributed by atoms with Gasteiger partial charge in [0.05, 0.1) is 25.4 Å². The molecule has 1 aromatic heterocycles. The summed E-state index contributed by atoms with van der Waals surface area (Å²) in [6.45, 7) is 0. The largest absolute Gasteiger partial charge is 0.496 e. The van der Waals surface area contributed by atoms with Gasteiger partial charge in [0.2, 0.25) is 5.91 Å². The lowest BCUT2D eigenvalue weighted by Gasteiger charge is -2.08. The van der Waals surface area contributed by atoms with Crippen LogP contribution >= 0.6 is 11.6 Å². The third-order valence-corrected chi connectivity index (χ3v) is 2.78. The number of nitrogens with zero attached hydrogens (tertiary/aromatic N) is 1. The monoisotopic (exact) mass is 276 g/mol. The molecule has 1 N–H and O–H groups in total. The maximum atomic E-state index is 11.9. The zero-order valence-electron chi connectivity index (χ0n) is 10.4. The van der Waals surface area contributed by atoms with E-state index in [2.05, 4.69) is 10.3 Å². The highest BCUT2D eigenvalue weighted by atomic mass is 35.5. The van der Waals surface area contributed by atoms with Crippen molar-refractivity contribution in [2.45, 2.75) is 6.42 Å². The average molecular weight is 277 g/mol. The Hall–Kier alpha value is -2.07. The lowest BCUT2D eigenvalue weighted by atomic mass is 10.1. The summed E-state index contributed by atoms with van der Waals surface area (Å²) in [7, 11) is 1.58. The normalized spacial score (nSPS) is 10.0. The Morgan fingerprint density at radius 3 is 2.79 bits per heavy atom. The van der Waals surface area contributed by atoms with Crippen LogP contribution in [0.4, 0.5) is 5.69 Å². The zero-order valence-corrected chi connectivity index (χ0v) is 11.1. The Balaban J connectivity index is 2.03. The van der Waals surface area contributed by atoms with E-state index in [1.165, 1.54) is 6.20 Å². The van der Waals surface area contributed by atoms with E-state index in [-0.39, 0.29) is 12.3 Å². The van der Waals surface area contributed by atoms with Gasteiger partial charge in [-0.1, -0.05) is 29.8 Å². The summed E-state index contributed by atoms with van der Waals surface area (Å²) in [6.07, 6.45) is 1.76. The van der Waals surface area contributed by atoms with Gasteiger partial charge in [0.15, 0.2) is 0 Å². The van der Waals surface area contributed by atoms with Gasteiger partial charge >= 0.3 is 0 Å². The minimum Gasteiger partial charge on any atom is -0.496 e. The van der Waals surface area contributed by atoms with E-state index in [0.717, 1.165) is 5.56 Å². The maximum Gasteiger partial charge on any atom is 0.228 e. The number of aromatic nitrogens is 1. The Morgan fingerprint density at radius 2 is 2.11 bits per heavy atom. The predicted octanol–water partition coefficient (Wildman–Crippen LogP) is 2.92. The first-order valence-electron chi connectivity index (χ1n) is 5.72. The van der Waals surface area contributed by atoms with Crippen LogP contribution in [-0.4, -0.2) is 18.0 Å². The SMILES string of the molecule is COc1ccccc1CC(=O)Nc1ccc(Cl)nc1. The van der Waals surface area contributed by atoms with E-state index in [0.29, 0.717) is 16.6 Å². The van der Waals surface area contributed by atoms with Gasteiger partial charge in [0, 0.05) is 5.56 Å². The summed E-state index contributed by atoms with van der Waals surface area (Å²) in [6, 6.07) is 10.7. The standard InChI is InChI=1S/C14H13ClN2O2/c1-19-12-5-3-2-4-10(12)8-14(18)17-11-6-7-13(15)16-9-11/h2-7,9H,8H2,1H3,(H,17,18). The molecule has 1 amide bonds. The van der Waals surface area contributed by atoms with Crippen molar-refractivity contribution in [3.05, 3.63) is 53.3 Å². The van der Waals surface area contributed by atoms with Crippen LogP contribution in [0.1, 0.15) is 5.56 Å².